The average Bonchev–Trinajstić information content (AvgIpc) is 3.83. The Morgan fingerprint density at radius 3 is 1.30 bits per heavy atom. The predicted octanol–water partition coefficient (Wildman–Crippen LogP) is 2.58. The van der Waals surface area contributed by atoms with E-state index in [2.05, 4.69) is 0 Å². The van der Waals surface area contributed by atoms with E-state index in [-0.39, 0.29) is 71.4 Å². The first-order chi connectivity index (χ1) is 28.7. The van der Waals surface area contributed by atoms with Crippen LogP contribution in [0.15, 0.2) is 78.9 Å². The smallest absolute Gasteiger partial charge is 0.167 e. The molecule has 0 saturated carbocycles. The maximum Gasteiger partial charge on any atom is 0.167 e. The molecule has 0 bridgehead atoms. The van der Waals surface area contributed by atoms with Crippen molar-refractivity contribution in [1.29, 1.82) is 0 Å². The fourth-order valence-electron chi connectivity index (χ4n) is 8.35. The Bertz CT molecular complexity index is 3200. The van der Waals surface area contributed by atoms with Crippen LogP contribution >= 0.6 is 0 Å². The summed E-state index contributed by atoms with van der Waals surface area (Å²) in [6, 6.07) is 18.2. The number of nitrogens with zero attached hydrogens (tertiary/aromatic N) is 2. The van der Waals surface area contributed by atoms with Crippen molar-refractivity contribution in [3.05, 3.63) is 84.5 Å². The van der Waals surface area contributed by atoms with Gasteiger partial charge in [-0.2, -0.15) is 0 Å². The van der Waals surface area contributed by atoms with Gasteiger partial charge >= 0.3 is 0 Å². The molecule has 8 N–H and O–H groups in total. The summed E-state index contributed by atoms with van der Waals surface area (Å²) in [5, 5.41) is 92.2. The number of aromatic nitrogens is 2. The summed E-state index contributed by atoms with van der Waals surface area (Å²) in [5.74, 6) is -6.59. The van der Waals surface area contributed by atoms with E-state index in [0.29, 0.717) is 17.8 Å². The largest absolute Gasteiger partial charge is 0.508 e. The van der Waals surface area contributed by atoms with E-state index in [1.54, 1.807) is 36.4 Å². The van der Waals surface area contributed by atoms with Crippen LogP contribution in [0.5, 0.6) is 46.0 Å². The van der Waals surface area contributed by atoms with E-state index in [9.17, 15) is 40.9 Å². The fraction of sp³-hybridized carbons (Fsp3) is 0.0909. The van der Waals surface area contributed by atoms with E-state index in [1.165, 1.54) is 9.13 Å². The molecule has 0 aliphatic heterocycles. The first kappa shape index (κ1) is 40.0. The van der Waals surface area contributed by atoms with Gasteiger partial charge in [0.15, 0.2) is 11.5 Å². The highest BCUT2D eigenvalue weighted by Crippen LogP contribution is 2.55. The number of rotatable bonds is 4. The van der Waals surface area contributed by atoms with Gasteiger partial charge in [0.1, 0.15) is 81.6 Å². The zero-order valence-corrected chi connectivity index (χ0v) is 32.2. The van der Waals surface area contributed by atoms with Crippen molar-refractivity contribution in [2.24, 2.45) is 0 Å². The normalized spacial score (nSPS) is 13.9. The van der Waals surface area contributed by atoms with Crippen LogP contribution in [0, 0.1) is 0 Å². The molecule has 12 radical (unpaired) electrons. The lowest BCUT2D eigenvalue weighted by molar-refractivity contribution is 0.411. The standard InChI is InChI=1S/C42H24B6N2O8.C2H6/c43-25-27(45)41(57)39(55)21-19-33(49(31(21)25)17-9-5-2-6-10-17)29(47)37(53)23(35(19)51)24-36(52)20-22-32(26(44)28(46)42(58)40(22)56)50(34(20)30(48)38(24)54)18-13-11-16(12-14-18)15-7-3-1-4-8-15;1-2/h1-11,13-14,16,51-58H,12H2;1-2H3. The molecular weight excluding hydrogens is 749 g/mol. The average molecular weight is 780 g/mol. The van der Waals surface area contributed by atoms with Crippen molar-refractivity contribution in [3.63, 3.8) is 0 Å². The van der Waals surface area contributed by atoms with Crippen molar-refractivity contribution in [3.8, 4) is 62.8 Å². The third-order valence-electron chi connectivity index (χ3n) is 11.1. The van der Waals surface area contributed by atoms with Crippen LogP contribution in [-0.4, -0.2) is 97.1 Å². The molecule has 0 amide bonds. The summed E-state index contributed by atoms with van der Waals surface area (Å²) < 4.78 is 2.89. The summed E-state index contributed by atoms with van der Waals surface area (Å²) >= 11 is 0. The molecule has 0 fully saturated rings. The van der Waals surface area contributed by atoms with Crippen molar-refractivity contribution < 1.29 is 40.9 Å². The highest BCUT2D eigenvalue weighted by Gasteiger charge is 2.34. The molecule has 16 heteroatoms. The number of phenols is 8. The molecule has 0 spiro atoms. The summed E-state index contributed by atoms with van der Waals surface area (Å²) in [6.45, 7) is 4.00. The van der Waals surface area contributed by atoms with Crippen LogP contribution < -0.4 is 32.8 Å². The van der Waals surface area contributed by atoms with Crippen molar-refractivity contribution in [2.45, 2.75) is 26.2 Å². The number of hydrogen-bond acceptors (Lipinski definition) is 8. The molecular formula is C44H30B6N2O8. The Kier molecular flexibility index (Phi) is 9.65. The number of fused-ring (bicyclic) bond motifs is 6. The van der Waals surface area contributed by atoms with Gasteiger partial charge in [-0.3, -0.25) is 0 Å². The van der Waals surface area contributed by atoms with Gasteiger partial charge in [0.05, 0.1) is 54.7 Å². The van der Waals surface area contributed by atoms with Gasteiger partial charge in [-0.25, -0.2) is 0 Å². The lowest BCUT2D eigenvalue weighted by Gasteiger charge is -2.21. The molecule has 9 rings (SSSR count). The summed E-state index contributed by atoms with van der Waals surface area (Å²) in [5.41, 5.74) is -1.56. The summed E-state index contributed by atoms with van der Waals surface area (Å²) in [6.07, 6.45) is 6.09. The zero-order chi connectivity index (χ0) is 43.2. The molecule has 2 aromatic heterocycles. The number of phenolic OH excluding ortho intramolecular Hbond substituents is 8. The Balaban J connectivity index is 0.00000246. The molecule has 1 atom stereocenters. The quantitative estimate of drug-likeness (QED) is 0.0996. The van der Waals surface area contributed by atoms with Gasteiger partial charge in [-0.15, -0.1) is 0 Å². The second-order valence-corrected chi connectivity index (χ2v) is 14.2. The molecule has 60 heavy (non-hydrogen) atoms. The summed E-state index contributed by atoms with van der Waals surface area (Å²) in [7, 11) is 38.6. The monoisotopic (exact) mass is 780 g/mol. The van der Waals surface area contributed by atoms with Crippen LogP contribution in [0.25, 0.3) is 66.1 Å². The molecule has 6 aromatic carbocycles. The second-order valence-electron chi connectivity index (χ2n) is 14.2. The number of para-hydroxylation sites is 1. The molecule has 282 valence electrons. The Morgan fingerprint density at radius 2 is 0.850 bits per heavy atom. The van der Waals surface area contributed by atoms with E-state index in [4.69, 9.17) is 47.1 Å². The third-order valence-corrected chi connectivity index (χ3v) is 11.1. The predicted molar refractivity (Wildman–Crippen MR) is 243 cm³/mol. The van der Waals surface area contributed by atoms with Crippen molar-refractivity contribution >= 4 is 129 Å². The fourth-order valence-corrected chi connectivity index (χ4v) is 8.35. The van der Waals surface area contributed by atoms with Crippen LogP contribution in [0.3, 0.4) is 0 Å². The van der Waals surface area contributed by atoms with Crippen molar-refractivity contribution in [2.75, 3.05) is 0 Å². The van der Waals surface area contributed by atoms with Gasteiger partial charge in [0, 0.05) is 17.3 Å². The van der Waals surface area contributed by atoms with Gasteiger partial charge in [-0.05, 0) is 41.1 Å². The Hall–Kier alpha value is -6.81. The molecule has 1 aliphatic rings. The molecule has 8 aromatic rings. The van der Waals surface area contributed by atoms with Gasteiger partial charge in [0.2, 0.25) is 0 Å². The van der Waals surface area contributed by atoms with Crippen LogP contribution in [-0.2, 0) is 0 Å². The lowest BCUT2D eigenvalue weighted by Crippen LogP contribution is -2.28. The van der Waals surface area contributed by atoms with Crippen LogP contribution in [0.4, 0.5) is 0 Å². The lowest BCUT2D eigenvalue weighted by atomic mass is 9.77. The van der Waals surface area contributed by atoms with E-state index >= 15 is 0 Å². The van der Waals surface area contributed by atoms with Crippen molar-refractivity contribution in [1.82, 2.24) is 9.13 Å². The minimum atomic E-state index is -0.853. The van der Waals surface area contributed by atoms with Crippen LogP contribution in [0.1, 0.15) is 31.7 Å². The first-order valence-corrected chi connectivity index (χ1v) is 18.8. The summed E-state index contributed by atoms with van der Waals surface area (Å²) in [4.78, 5) is 0. The number of hydrogen-bond donors (Lipinski definition) is 8. The maximum absolute atomic E-state index is 12.3. The highest BCUT2D eigenvalue weighted by molar-refractivity contribution is 6.57. The van der Waals surface area contributed by atoms with E-state index in [1.807, 2.05) is 56.3 Å². The number of allylic oxidation sites excluding steroid dienone is 4. The second kappa shape index (κ2) is 14.5. The molecule has 2 heterocycles. The topological polar surface area (TPSA) is 172 Å². The Labute approximate surface area is 351 Å². The third kappa shape index (κ3) is 5.35. The van der Waals surface area contributed by atoms with Gasteiger partial charge in [0.25, 0.3) is 0 Å². The van der Waals surface area contributed by atoms with E-state index < -0.39 is 68.0 Å². The zero-order valence-electron chi connectivity index (χ0n) is 32.2. The van der Waals surface area contributed by atoms with Gasteiger partial charge < -0.3 is 50.0 Å². The van der Waals surface area contributed by atoms with E-state index in [0.717, 1.165) is 5.56 Å². The number of benzene rings is 6. The minimum absolute atomic E-state index is 0.00374. The van der Waals surface area contributed by atoms with Crippen LogP contribution in [0.2, 0.25) is 0 Å². The maximum atomic E-state index is 12.3. The highest BCUT2D eigenvalue weighted by atomic mass is 16.3. The number of aromatic hydroxyl groups is 8. The first-order valence-electron chi connectivity index (χ1n) is 18.8. The minimum Gasteiger partial charge on any atom is -0.508 e. The SMILES string of the molecule is CC.[B]c1c(O)c(O)c2c3c(O)c(-c4c(O)c([B])c5c(c4O)c4c(O)c(O)c([B])c([B])c4n5-c4ccccc4)c(O)c([B])c3n(C3=CCC(c4ccccc4)C=C3)c2c1[B]. The molecule has 1 aliphatic carbocycles. The molecule has 1 unspecified atom stereocenters. The van der Waals surface area contributed by atoms with Gasteiger partial charge in [-0.1, -0.05) is 96.4 Å². The Morgan fingerprint density at radius 1 is 0.450 bits per heavy atom. The molecule has 10 nitrogen and oxygen atoms in total. The molecule has 0 saturated heterocycles.